The van der Waals surface area contributed by atoms with Gasteiger partial charge in [0.25, 0.3) is 0 Å². The van der Waals surface area contributed by atoms with E-state index < -0.39 is 0 Å². The number of benzene rings is 2. The average Bonchev–Trinajstić information content (AvgIpc) is 2.75. The summed E-state index contributed by atoms with van der Waals surface area (Å²) >= 11 is 0. The third-order valence-electron chi connectivity index (χ3n) is 6.63. The highest BCUT2D eigenvalue weighted by Gasteiger charge is 2.22. The summed E-state index contributed by atoms with van der Waals surface area (Å²) < 4.78 is 2.26. The van der Waals surface area contributed by atoms with E-state index in [1.807, 2.05) is 6.20 Å². The van der Waals surface area contributed by atoms with Gasteiger partial charge >= 0.3 is 0 Å². The molecule has 4 aromatic rings. The first kappa shape index (κ1) is 22.2. The number of rotatable bonds is 3. The van der Waals surface area contributed by atoms with E-state index in [4.69, 9.17) is 0 Å². The number of fused-ring (bicyclic) bond motifs is 1. The molecular formula is C30H35N2+. The molecule has 0 fully saturated rings. The molecule has 2 heteroatoms. The quantitative estimate of drug-likeness (QED) is 0.313. The molecule has 0 atom stereocenters. The van der Waals surface area contributed by atoms with Gasteiger partial charge < -0.3 is 0 Å². The molecule has 0 saturated heterocycles. The highest BCUT2D eigenvalue weighted by molar-refractivity contribution is 5.96. The maximum absolute atomic E-state index is 4.53. The Kier molecular flexibility index (Phi) is 5.67. The summed E-state index contributed by atoms with van der Waals surface area (Å²) in [5, 5.41) is 2.54. The van der Waals surface area contributed by atoms with E-state index in [9.17, 15) is 0 Å². The Bertz CT molecular complexity index is 1310. The molecular weight excluding hydrogens is 388 g/mol. The van der Waals surface area contributed by atoms with Crippen LogP contribution in [-0.4, -0.2) is 4.98 Å². The Morgan fingerprint density at radius 3 is 2.28 bits per heavy atom. The fourth-order valence-corrected chi connectivity index (χ4v) is 4.37. The molecule has 32 heavy (non-hydrogen) atoms. The molecule has 0 radical (unpaired) electrons. The molecule has 2 heterocycles. The number of aromatic nitrogens is 2. The summed E-state index contributed by atoms with van der Waals surface area (Å²) in [6, 6.07) is 18.1. The van der Waals surface area contributed by atoms with Crippen LogP contribution in [0.1, 0.15) is 62.9 Å². The number of hydrogen-bond donors (Lipinski definition) is 0. The Balaban J connectivity index is 1.93. The van der Waals surface area contributed by atoms with Crippen molar-refractivity contribution in [2.75, 3.05) is 0 Å². The van der Waals surface area contributed by atoms with E-state index >= 15 is 0 Å². The standard InChI is InChI=1S/C30H35N2/c1-19(2)28-17-23(11-13-31-28)22-9-10-26-24(16-22)12-14-32(8)29(26)27-18-25(30(5,6)7)15-20(3)21(27)4/h9-19H,1-8H3/q+1. The maximum Gasteiger partial charge on any atom is 0.220 e. The van der Waals surface area contributed by atoms with Crippen LogP contribution >= 0.6 is 0 Å². The van der Waals surface area contributed by atoms with Gasteiger partial charge in [0.1, 0.15) is 7.05 Å². The van der Waals surface area contributed by atoms with Gasteiger partial charge in [-0.2, -0.15) is 0 Å². The van der Waals surface area contributed by atoms with Crippen molar-refractivity contribution in [2.45, 2.75) is 59.8 Å². The smallest absolute Gasteiger partial charge is 0.220 e. The molecule has 0 unspecified atom stereocenters. The molecule has 0 spiro atoms. The molecule has 0 bridgehead atoms. The topological polar surface area (TPSA) is 16.8 Å². The van der Waals surface area contributed by atoms with Crippen molar-refractivity contribution in [2.24, 2.45) is 7.05 Å². The van der Waals surface area contributed by atoms with Crippen LogP contribution in [0.2, 0.25) is 0 Å². The minimum absolute atomic E-state index is 0.110. The van der Waals surface area contributed by atoms with Crippen LogP contribution in [0.25, 0.3) is 33.2 Å². The van der Waals surface area contributed by atoms with Crippen molar-refractivity contribution in [3.63, 3.8) is 0 Å². The zero-order valence-corrected chi connectivity index (χ0v) is 20.7. The summed E-state index contributed by atoms with van der Waals surface area (Å²) in [7, 11) is 2.15. The highest BCUT2D eigenvalue weighted by Crippen LogP contribution is 2.35. The molecule has 0 aliphatic carbocycles. The van der Waals surface area contributed by atoms with Crippen LogP contribution in [0.15, 0.2) is 60.9 Å². The first-order valence-corrected chi connectivity index (χ1v) is 11.6. The lowest BCUT2D eigenvalue weighted by Crippen LogP contribution is -2.31. The summed E-state index contributed by atoms with van der Waals surface area (Å²) in [5.41, 5.74) is 10.4. The van der Waals surface area contributed by atoms with Crippen molar-refractivity contribution >= 4 is 10.8 Å². The van der Waals surface area contributed by atoms with E-state index in [0.29, 0.717) is 5.92 Å². The lowest BCUT2D eigenvalue weighted by molar-refractivity contribution is -0.659. The van der Waals surface area contributed by atoms with Gasteiger partial charge in [0, 0.05) is 18.0 Å². The zero-order valence-electron chi connectivity index (χ0n) is 20.7. The van der Waals surface area contributed by atoms with Gasteiger partial charge in [0.15, 0.2) is 6.20 Å². The van der Waals surface area contributed by atoms with Crippen molar-refractivity contribution < 1.29 is 4.57 Å². The summed E-state index contributed by atoms with van der Waals surface area (Å²) in [4.78, 5) is 4.53. The lowest BCUT2D eigenvalue weighted by atomic mass is 9.82. The van der Waals surface area contributed by atoms with Gasteiger partial charge in [-0.15, -0.1) is 0 Å². The third kappa shape index (κ3) is 4.07. The van der Waals surface area contributed by atoms with E-state index in [2.05, 4.69) is 120 Å². The Morgan fingerprint density at radius 1 is 0.875 bits per heavy atom. The van der Waals surface area contributed by atoms with Crippen LogP contribution in [0, 0.1) is 13.8 Å². The Hall–Kier alpha value is -3.00. The third-order valence-corrected chi connectivity index (χ3v) is 6.63. The zero-order chi connectivity index (χ0) is 23.2. The number of pyridine rings is 2. The number of nitrogens with zero attached hydrogens (tertiary/aromatic N) is 2. The molecule has 164 valence electrons. The van der Waals surface area contributed by atoms with Crippen LogP contribution in [-0.2, 0) is 12.5 Å². The first-order chi connectivity index (χ1) is 15.1. The van der Waals surface area contributed by atoms with Gasteiger partial charge in [-0.05, 0) is 88.7 Å². The fraction of sp³-hybridized carbons (Fsp3) is 0.333. The number of aryl methyl sites for hydroxylation is 2. The van der Waals surface area contributed by atoms with Crippen molar-refractivity contribution in [3.05, 3.63) is 83.3 Å². The second kappa shape index (κ2) is 8.16. The SMILES string of the molecule is Cc1cc(C(C)(C)C)cc(-c2c3ccc(-c4ccnc(C(C)C)c4)cc3cc[n+]2C)c1C. The van der Waals surface area contributed by atoms with Gasteiger partial charge in [0.2, 0.25) is 5.69 Å². The summed E-state index contributed by atoms with van der Waals surface area (Å²) in [6.07, 6.45) is 4.11. The van der Waals surface area contributed by atoms with Gasteiger partial charge in [-0.25, -0.2) is 4.57 Å². The minimum Gasteiger partial charge on any atom is -0.261 e. The van der Waals surface area contributed by atoms with E-state index in [-0.39, 0.29) is 5.41 Å². The largest absolute Gasteiger partial charge is 0.261 e. The Morgan fingerprint density at radius 2 is 1.59 bits per heavy atom. The molecule has 0 aliphatic heterocycles. The molecule has 0 aliphatic rings. The molecule has 2 aromatic heterocycles. The maximum atomic E-state index is 4.53. The predicted molar refractivity (Wildman–Crippen MR) is 136 cm³/mol. The Labute approximate surface area is 193 Å². The van der Waals surface area contributed by atoms with Crippen molar-refractivity contribution in [1.29, 1.82) is 0 Å². The van der Waals surface area contributed by atoms with Crippen molar-refractivity contribution in [1.82, 2.24) is 4.98 Å². The molecule has 0 N–H and O–H groups in total. The molecule has 2 nitrogen and oxygen atoms in total. The second-order valence-corrected chi connectivity index (χ2v) is 10.4. The van der Waals surface area contributed by atoms with Gasteiger partial charge in [0.05, 0.1) is 10.9 Å². The van der Waals surface area contributed by atoms with Gasteiger partial charge in [-0.1, -0.05) is 46.8 Å². The first-order valence-electron chi connectivity index (χ1n) is 11.6. The van der Waals surface area contributed by atoms with Crippen LogP contribution in [0.3, 0.4) is 0 Å². The average molecular weight is 424 g/mol. The van der Waals surface area contributed by atoms with E-state index in [0.717, 1.165) is 5.69 Å². The summed E-state index contributed by atoms with van der Waals surface area (Å²) in [5.74, 6) is 0.419. The molecule has 0 amide bonds. The molecule has 4 rings (SSSR count). The van der Waals surface area contributed by atoms with Crippen LogP contribution in [0.4, 0.5) is 0 Å². The number of hydrogen-bond acceptors (Lipinski definition) is 1. The predicted octanol–water partition coefficient (Wildman–Crippen LogP) is 7.43. The summed E-state index contributed by atoms with van der Waals surface area (Å²) in [6.45, 7) is 15.7. The fourth-order valence-electron chi connectivity index (χ4n) is 4.37. The van der Waals surface area contributed by atoms with E-state index in [1.54, 1.807) is 0 Å². The van der Waals surface area contributed by atoms with E-state index in [1.165, 1.54) is 49.8 Å². The lowest BCUT2D eigenvalue weighted by Gasteiger charge is -2.22. The monoisotopic (exact) mass is 423 g/mol. The molecule has 0 saturated carbocycles. The van der Waals surface area contributed by atoms with Crippen molar-refractivity contribution in [3.8, 4) is 22.4 Å². The molecule has 2 aromatic carbocycles. The highest BCUT2D eigenvalue weighted by atomic mass is 14.9. The van der Waals surface area contributed by atoms with Crippen LogP contribution in [0.5, 0.6) is 0 Å². The van der Waals surface area contributed by atoms with Gasteiger partial charge in [-0.3, -0.25) is 4.98 Å². The minimum atomic E-state index is 0.110. The second-order valence-electron chi connectivity index (χ2n) is 10.4. The normalized spacial score (nSPS) is 12.0. The van der Waals surface area contributed by atoms with Crippen LogP contribution < -0.4 is 4.57 Å².